The normalized spacial score (nSPS) is 14.6. The number of hydrogen-bond acceptors (Lipinski definition) is 7. The number of nitrogens with zero attached hydrogens (tertiary/aromatic N) is 1. The Bertz CT molecular complexity index is 1090. The second-order valence-electron chi connectivity index (χ2n) is 15.0. The minimum atomic E-state index is -4.52. The Balaban J connectivity index is 4.18. The summed E-state index contributed by atoms with van der Waals surface area (Å²) < 4.78 is 34.4. The van der Waals surface area contributed by atoms with Gasteiger partial charge in [-0.1, -0.05) is 151 Å². The van der Waals surface area contributed by atoms with Crippen molar-refractivity contribution in [2.75, 3.05) is 54.1 Å². The molecular weight excluding hydrogens is 697 g/mol. The van der Waals surface area contributed by atoms with E-state index in [9.17, 15) is 14.3 Å². The third-order valence-corrected chi connectivity index (χ3v) is 9.49. The number of esters is 1. The van der Waals surface area contributed by atoms with Gasteiger partial charge in [-0.25, -0.2) is 0 Å². The maximum absolute atomic E-state index is 12.6. The molecule has 312 valence electrons. The maximum Gasteiger partial charge on any atom is 0.306 e. The molecule has 0 aliphatic rings. The van der Waals surface area contributed by atoms with Crippen molar-refractivity contribution in [2.24, 2.45) is 0 Å². The topological polar surface area (TPSA) is 94.1 Å². The molecule has 2 atom stereocenters. The van der Waals surface area contributed by atoms with Gasteiger partial charge >= 0.3 is 5.97 Å². The van der Waals surface area contributed by atoms with Gasteiger partial charge in [0.2, 0.25) is 0 Å². The van der Waals surface area contributed by atoms with Crippen LogP contribution >= 0.6 is 7.82 Å². The lowest BCUT2D eigenvalue weighted by Gasteiger charge is -2.28. The molecule has 0 spiro atoms. The first-order chi connectivity index (χ1) is 26.1. The van der Waals surface area contributed by atoms with E-state index in [0.717, 1.165) is 83.5 Å². The minimum absolute atomic E-state index is 0.0189. The Morgan fingerprint density at radius 1 is 0.593 bits per heavy atom. The van der Waals surface area contributed by atoms with E-state index in [1.165, 1.54) is 44.9 Å². The molecule has 0 aliphatic carbocycles. The fourth-order valence-electron chi connectivity index (χ4n) is 5.25. The SMILES string of the molecule is CC/C=C\C/C=C\C/C=C\C/C=C\C/C=C\C/C=C\CCCCCCCOCC(COP(=O)([O-])OCC[N+](C)(C)C)OC(=O)CCCCCCCCCC. The molecule has 2 unspecified atom stereocenters. The molecule has 0 rings (SSSR count). The summed E-state index contributed by atoms with van der Waals surface area (Å²) in [6.45, 7) is 5.19. The van der Waals surface area contributed by atoms with E-state index in [-0.39, 0.29) is 25.8 Å². The van der Waals surface area contributed by atoms with Gasteiger partial charge in [-0.15, -0.1) is 0 Å². The van der Waals surface area contributed by atoms with E-state index in [1.54, 1.807) is 0 Å². The van der Waals surface area contributed by atoms with Crippen LogP contribution in [0.25, 0.3) is 0 Å². The summed E-state index contributed by atoms with van der Waals surface area (Å²) in [7, 11) is 1.33. The molecule has 0 N–H and O–H groups in total. The lowest BCUT2D eigenvalue weighted by Crippen LogP contribution is -2.37. The van der Waals surface area contributed by atoms with E-state index in [1.807, 2.05) is 21.1 Å². The van der Waals surface area contributed by atoms with E-state index in [2.05, 4.69) is 86.8 Å². The van der Waals surface area contributed by atoms with Crippen LogP contribution in [0.5, 0.6) is 0 Å². The molecule has 0 fully saturated rings. The molecule has 0 bridgehead atoms. The second kappa shape index (κ2) is 37.8. The number of carbonyl (C=O) groups is 1. The van der Waals surface area contributed by atoms with Crippen LogP contribution in [-0.4, -0.2) is 70.7 Å². The third kappa shape index (κ3) is 41.1. The van der Waals surface area contributed by atoms with Crippen LogP contribution < -0.4 is 4.89 Å². The first-order valence-corrected chi connectivity index (χ1v) is 22.6. The summed E-state index contributed by atoms with van der Waals surface area (Å²) in [4.78, 5) is 24.9. The van der Waals surface area contributed by atoms with Crippen molar-refractivity contribution >= 4 is 13.8 Å². The van der Waals surface area contributed by atoms with Crippen molar-refractivity contribution in [3.8, 4) is 0 Å². The molecule has 0 aromatic carbocycles. The standard InChI is InChI=1S/C45H80NO7P/c1-6-8-10-12-14-16-17-18-19-20-21-22-23-24-25-26-27-28-29-30-31-33-35-37-40-50-42-44(43-52-54(48,49)51-41-39-46(3,4)5)53-45(47)38-36-34-32-15-13-11-9-7-2/h8,10,14,16,18-19,21-22,24-25,27-28,44H,6-7,9,11-13,15,17,20,23,26,29-43H2,1-5H3/b10-8-,16-14-,19-18-,22-21-,25-24-,28-27-. The average Bonchev–Trinajstić information content (AvgIpc) is 3.12. The second-order valence-corrected chi connectivity index (χ2v) is 16.4. The summed E-state index contributed by atoms with van der Waals surface area (Å²) in [5.74, 6) is -0.350. The van der Waals surface area contributed by atoms with Crippen LogP contribution in [0, 0.1) is 0 Å². The number of phosphoric acid groups is 1. The molecule has 0 radical (unpaired) electrons. The summed E-state index contributed by atoms with van der Waals surface area (Å²) in [5, 5.41) is 0. The fraction of sp³-hybridized carbons (Fsp3) is 0.711. The molecule has 0 aliphatic heterocycles. The van der Waals surface area contributed by atoms with Gasteiger partial charge in [-0.3, -0.25) is 9.36 Å². The van der Waals surface area contributed by atoms with Crippen LogP contribution in [-0.2, 0) is 27.9 Å². The molecule has 54 heavy (non-hydrogen) atoms. The number of likely N-dealkylation sites (N-methyl/N-ethyl adjacent to an activating group) is 1. The first-order valence-electron chi connectivity index (χ1n) is 21.2. The van der Waals surface area contributed by atoms with Crippen LogP contribution in [0.4, 0.5) is 0 Å². The number of quaternary nitrogens is 1. The molecule has 0 heterocycles. The maximum atomic E-state index is 12.6. The Kier molecular flexibility index (Phi) is 36.4. The summed E-state index contributed by atoms with van der Waals surface area (Å²) >= 11 is 0. The minimum Gasteiger partial charge on any atom is -0.756 e. The highest BCUT2D eigenvalue weighted by Crippen LogP contribution is 2.38. The quantitative estimate of drug-likeness (QED) is 0.0202. The highest BCUT2D eigenvalue weighted by molar-refractivity contribution is 7.45. The third-order valence-electron chi connectivity index (χ3n) is 8.52. The lowest BCUT2D eigenvalue weighted by molar-refractivity contribution is -0.870. The van der Waals surface area contributed by atoms with E-state index >= 15 is 0 Å². The van der Waals surface area contributed by atoms with Gasteiger partial charge in [-0.05, 0) is 64.2 Å². The van der Waals surface area contributed by atoms with Crippen LogP contribution in [0.1, 0.15) is 149 Å². The molecule has 0 aromatic rings. The Labute approximate surface area is 332 Å². The predicted molar refractivity (Wildman–Crippen MR) is 226 cm³/mol. The number of carbonyl (C=O) groups excluding carboxylic acids is 1. The Morgan fingerprint density at radius 3 is 1.61 bits per heavy atom. The molecular formula is C45H80NO7P. The van der Waals surface area contributed by atoms with Crippen LogP contribution in [0.3, 0.4) is 0 Å². The average molecular weight is 778 g/mol. The molecule has 0 aromatic heterocycles. The van der Waals surface area contributed by atoms with E-state index in [4.69, 9.17) is 18.5 Å². The van der Waals surface area contributed by atoms with Gasteiger partial charge in [0, 0.05) is 13.0 Å². The molecule has 8 nitrogen and oxygen atoms in total. The van der Waals surface area contributed by atoms with E-state index < -0.39 is 13.9 Å². The van der Waals surface area contributed by atoms with Crippen molar-refractivity contribution < 1.29 is 37.3 Å². The number of rotatable bonds is 38. The zero-order valence-electron chi connectivity index (χ0n) is 35.1. The van der Waals surface area contributed by atoms with Crippen molar-refractivity contribution in [1.29, 1.82) is 0 Å². The van der Waals surface area contributed by atoms with Gasteiger partial charge in [0.1, 0.15) is 19.3 Å². The van der Waals surface area contributed by atoms with E-state index in [0.29, 0.717) is 24.1 Å². The largest absolute Gasteiger partial charge is 0.756 e. The fourth-order valence-corrected chi connectivity index (χ4v) is 5.98. The number of phosphoric ester groups is 1. The van der Waals surface area contributed by atoms with Crippen molar-refractivity contribution in [3.05, 3.63) is 72.9 Å². The predicted octanol–water partition coefficient (Wildman–Crippen LogP) is 11.7. The molecule has 9 heteroatoms. The molecule has 0 saturated carbocycles. The van der Waals surface area contributed by atoms with Crippen molar-refractivity contribution in [2.45, 2.75) is 155 Å². The summed E-state index contributed by atoms with van der Waals surface area (Å²) in [6.07, 6.45) is 47.9. The van der Waals surface area contributed by atoms with Crippen molar-refractivity contribution in [3.63, 3.8) is 0 Å². The van der Waals surface area contributed by atoms with Gasteiger partial charge in [0.05, 0.1) is 34.4 Å². The van der Waals surface area contributed by atoms with Crippen LogP contribution in [0.15, 0.2) is 72.9 Å². The highest BCUT2D eigenvalue weighted by atomic mass is 31.2. The zero-order chi connectivity index (χ0) is 39.9. The number of allylic oxidation sites excluding steroid dienone is 12. The monoisotopic (exact) mass is 778 g/mol. The van der Waals surface area contributed by atoms with Gasteiger partial charge in [-0.2, -0.15) is 0 Å². The number of hydrogen-bond donors (Lipinski definition) is 0. The zero-order valence-corrected chi connectivity index (χ0v) is 36.0. The van der Waals surface area contributed by atoms with Crippen LogP contribution in [0.2, 0.25) is 0 Å². The first kappa shape index (κ1) is 51.9. The lowest BCUT2D eigenvalue weighted by atomic mass is 10.1. The highest BCUT2D eigenvalue weighted by Gasteiger charge is 2.20. The molecule has 0 saturated heterocycles. The summed E-state index contributed by atoms with van der Waals surface area (Å²) in [6, 6.07) is 0. The van der Waals surface area contributed by atoms with Crippen molar-refractivity contribution in [1.82, 2.24) is 0 Å². The Morgan fingerprint density at radius 2 is 1.07 bits per heavy atom. The van der Waals surface area contributed by atoms with Gasteiger partial charge in [0.15, 0.2) is 0 Å². The summed E-state index contributed by atoms with van der Waals surface area (Å²) in [5.41, 5.74) is 0. The molecule has 0 amide bonds. The number of unbranched alkanes of at least 4 members (excludes halogenated alkanes) is 12. The Hall–Kier alpha value is -2.06. The smallest absolute Gasteiger partial charge is 0.306 e. The van der Waals surface area contributed by atoms with Gasteiger partial charge in [0.25, 0.3) is 7.82 Å². The van der Waals surface area contributed by atoms with Gasteiger partial charge < -0.3 is 27.9 Å². The number of ether oxygens (including phenoxy) is 2.